The molecule has 146 valence electrons. The summed E-state index contributed by atoms with van der Waals surface area (Å²) in [7, 11) is 1.76. The Bertz CT molecular complexity index is 901. The number of aromatic nitrogens is 1. The van der Waals surface area contributed by atoms with Crippen LogP contribution in [0.15, 0.2) is 66.9 Å². The second-order valence-corrected chi connectivity index (χ2v) is 7.17. The molecule has 0 aliphatic carbocycles. The largest absolute Gasteiger partial charge is 0.496 e. The van der Waals surface area contributed by atoms with Gasteiger partial charge in [0, 0.05) is 37.1 Å². The van der Waals surface area contributed by atoms with Gasteiger partial charge in [-0.05, 0) is 49.2 Å². The second kappa shape index (κ2) is 8.53. The van der Waals surface area contributed by atoms with Crippen LogP contribution < -0.4 is 9.47 Å². The molecule has 4 heteroatoms. The molecule has 1 aliphatic rings. The molecule has 1 atom stereocenters. The second-order valence-electron chi connectivity index (χ2n) is 7.17. The van der Waals surface area contributed by atoms with Crippen molar-refractivity contribution in [3.8, 4) is 11.5 Å². The molecule has 0 amide bonds. The third kappa shape index (κ3) is 3.78. The Balaban J connectivity index is 1.69. The molecule has 4 rings (SSSR count). The van der Waals surface area contributed by atoms with E-state index in [1.54, 1.807) is 7.11 Å². The number of fused-ring (bicyclic) bond motifs is 1. The molecule has 0 unspecified atom stereocenters. The lowest BCUT2D eigenvalue weighted by atomic mass is 10.00. The summed E-state index contributed by atoms with van der Waals surface area (Å²) in [4.78, 5) is 2.56. The predicted molar refractivity (Wildman–Crippen MR) is 112 cm³/mol. The number of rotatable bonds is 6. The minimum Gasteiger partial charge on any atom is -0.496 e. The van der Waals surface area contributed by atoms with Crippen molar-refractivity contribution in [2.75, 3.05) is 20.3 Å². The van der Waals surface area contributed by atoms with Crippen molar-refractivity contribution in [3.63, 3.8) is 0 Å². The van der Waals surface area contributed by atoms with Gasteiger partial charge < -0.3 is 14.0 Å². The third-order valence-electron chi connectivity index (χ3n) is 5.41. The molecule has 0 spiro atoms. The van der Waals surface area contributed by atoms with Crippen molar-refractivity contribution >= 4 is 0 Å². The van der Waals surface area contributed by atoms with Gasteiger partial charge in [-0.25, -0.2) is 0 Å². The molecule has 0 fully saturated rings. The van der Waals surface area contributed by atoms with Gasteiger partial charge in [0.1, 0.15) is 11.5 Å². The van der Waals surface area contributed by atoms with Gasteiger partial charge in [-0.1, -0.05) is 30.3 Å². The van der Waals surface area contributed by atoms with Gasteiger partial charge in [0.2, 0.25) is 0 Å². The normalized spacial score (nSPS) is 17.0. The van der Waals surface area contributed by atoms with E-state index in [1.165, 1.54) is 16.8 Å². The molecule has 0 saturated carbocycles. The lowest BCUT2D eigenvalue weighted by Crippen LogP contribution is -2.29. The van der Waals surface area contributed by atoms with E-state index in [-0.39, 0.29) is 6.04 Å². The predicted octanol–water partition coefficient (Wildman–Crippen LogP) is 4.89. The third-order valence-corrected chi connectivity index (χ3v) is 5.41. The van der Waals surface area contributed by atoms with Crippen LogP contribution in [0, 0.1) is 0 Å². The van der Waals surface area contributed by atoms with Crippen LogP contribution in [0.25, 0.3) is 0 Å². The first-order chi connectivity index (χ1) is 13.8. The summed E-state index contributed by atoms with van der Waals surface area (Å²) in [6.07, 6.45) is 3.32. The van der Waals surface area contributed by atoms with Gasteiger partial charge in [-0.15, -0.1) is 0 Å². The number of benzene rings is 2. The number of nitrogens with zero attached hydrogens (tertiary/aromatic N) is 2. The summed E-state index contributed by atoms with van der Waals surface area (Å²) in [6, 6.07) is 21.4. The molecule has 28 heavy (non-hydrogen) atoms. The van der Waals surface area contributed by atoms with Gasteiger partial charge in [0.15, 0.2) is 0 Å². The fourth-order valence-corrected chi connectivity index (χ4v) is 4.15. The van der Waals surface area contributed by atoms with Crippen molar-refractivity contribution in [2.24, 2.45) is 0 Å². The first-order valence-corrected chi connectivity index (χ1v) is 10.0. The van der Waals surface area contributed by atoms with Crippen LogP contribution in [-0.2, 0) is 13.1 Å². The van der Waals surface area contributed by atoms with E-state index < -0.39 is 0 Å². The topological polar surface area (TPSA) is 26.6 Å². The number of ether oxygens (including phenoxy) is 2. The summed E-state index contributed by atoms with van der Waals surface area (Å²) >= 11 is 0. The van der Waals surface area contributed by atoms with E-state index in [0.29, 0.717) is 6.61 Å². The van der Waals surface area contributed by atoms with Crippen LogP contribution >= 0.6 is 0 Å². The van der Waals surface area contributed by atoms with Gasteiger partial charge in [-0.3, -0.25) is 4.90 Å². The Labute approximate surface area is 167 Å². The van der Waals surface area contributed by atoms with Crippen LogP contribution in [0.5, 0.6) is 11.5 Å². The maximum absolute atomic E-state index is 5.72. The smallest absolute Gasteiger partial charge is 0.124 e. The molecule has 3 aromatic rings. The quantitative estimate of drug-likeness (QED) is 0.613. The highest BCUT2D eigenvalue weighted by Crippen LogP contribution is 2.37. The minimum absolute atomic E-state index is 0.167. The summed E-state index contributed by atoms with van der Waals surface area (Å²) in [6.45, 7) is 5.68. The van der Waals surface area contributed by atoms with Crippen LogP contribution in [0.3, 0.4) is 0 Å². The monoisotopic (exact) mass is 376 g/mol. The molecule has 2 heterocycles. The SMILES string of the molecule is CCOc1ccc(CN2CCCn3cccc3[C@@H]2c2ccccc2OC)cc1. The van der Waals surface area contributed by atoms with Crippen molar-refractivity contribution in [1.82, 2.24) is 9.47 Å². The zero-order valence-electron chi connectivity index (χ0n) is 16.7. The Kier molecular flexibility index (Phi) is 5.68. The summed E-state index contributed by atoms with van der Waals surface area (Å²) in [5.41, 5.74) is 3.84. The number of hydrogen-bond acceptors (Lipinski definition) is 3. The first-order valence-electron chi connectivity index (χ1n) is 10.0. The molecule has 2 aromatic carbocycles. The molecular weight excluding hydrogens is 348 g/mol. The number of aryl methyl sites for hydroxylation is 1. The van der Waals surface area contributed by atoms with Crippen LogP contribution in [0.1, 0.15) is 36.2 Å². The molecule has 0 N–H and O–H groups in total. The molecule has 0 radical (unpaired) electrons. The number of hydrogen-bond donors (Lipinski definition) is 0. The van der Waals surface area contributed by atoms with E-state index in [2.05, 4.69) is 70.3 Å². The van der Waals surface area contributed by atoms with Crippen molar-refractivity contribution in [3.05, 3.63) is 83.7 Å². The lowest BCUT2D eigenvalue weighted by molar-refractivity contribution is 0.216. The summed E-state index contributed by atoms with van der Waals surface area (Å²) < 4.78 is 13.7. The highest BCUT2D eigenvalue weighted by molar-refractivity contribution is 5.41. The standard InChI is InChI=1S/C24H28N2O2/c1-3-28-20-13-11-19(12-14-20)18-26-17-7-16-25-15-6-9-22(25)24(26)21-8-4-5-10-23(21)27-2/h4-6,8-15,24H,3,7,16-18H2,1-2H3/t24-/m0/s1. The number of para-hydroxylation sites is 1. The Hall–Kier alpha value is -2.72. The summed E-state index contributed by atoms with van der Waals surface area (Å²) in [5, 5.41) is 0. The van der Waals surface area contributed by atoms with E-state index in [1.807, 2.05) is 13.0 Å². The van der Waals surface area contributed by atoms with E-state index in [0.717, 1.165) is 37.6 Å². The zero-order valence-corrected chi connectivity index (χ0v) is 16.7. The van der Waals surface area contributed by atoms with E-state index >= 15 is 0 Å². The van der Waals surface area contributed by atoms with Crippen molar-refractivity contribution < 1.29 is 9.47 Å². The minimum atomic E-state index is 0.167. The molecule has 1 aromatic heterocycles. The van der Waals surface area contributed by atoms with Crippen LogP contribution in [-0.4, -0.2) is 29.7 Å². The van der Waals surface area contributed by atoms with Crippen LogP contribution in [0.2, 0.25) is 0 Å². The van der Waals surface area contributed by atoms with Crippen LogP contribution in [0.4, 0.5) is 0 Å². The Morgan fingerprint density at radius 1 is 0.964 bits per heavy atom. The van der Waals surface area contributed by atoms with Crippen molar-refractivity contribution in [1.29, 1.82) is 0 Å². The van der Waals surface area contributed by atoms with Gasteiger partial charge in [-0.2, -0.15) is 0 Å². The van der Waals surface area contributed by atoms with Gasteiger partial charge in [0.25, 0.3) is 0 Å². The lowest BCUT2D eigenvalue weighted by Gasteiger charge is -2.31. The average Bonchev–Trinajstić information content (AvgIpc) is 3.11. The fraction of sp³-hybridized carbons (Fsp3) is 0.333. The van der Waals surface area contributed by atoms with E-state index in [4.69, 9.17) is 9.47 Å². The number of methoxy groups -OCH3 is 1. The Morgan fingerprint density at radius 2 is 1.79 bits per heavy atom. The first kappa shape index (κ1) is 18.6. The average molecular weight is 377 g/mol. The van der Waals surface area contributed by atoms with Gasteiger partial charge >= 0.3 is 0 Å². The summed E-state index contributed by atoms with van der Waals surface area (Å²) in [5.74, 6) is 1.87. The van der Waals surface area contributed by atoms with E-state index in [9.17, 15) is 0 Å². The highest BCUT2D eigenvalue weighted by Gasteiger charge is 2.29. The molecule has 0 bridgehead atoms. The maximum atomic E-state index is 5.72. The zero-order chi connectivity index (χ0) is 19.3. The van der Waals surface area contributed by atoms with Crippen molar-refractivity contribution in [2.45, 2.75) is 32.5 Å². The Morgan fingerprint density at radius 3 is 2.57 bits per heavy atom. The highest BCUT2D eigenvalue weighted by atomic mass is 16.5. The fourth-order valence-electron chi connectivity index (χ4n) is 4.15. The molecule has 1 aliphatic heterocycles. The van der Waals surface area contributed by atoms with Gasteiger partial charge in [0.05, 0.1) is 19.8 Å². The maximum Gasteiger partial charge on any atom is 0.124 e. The molecule has 0 saturated heterocycles. The molecule has 4 nitrogen and oxygen atoms in total. The molecular formula is C24H28N2O2.